The molecule has 4 N–H and O–H groups in total. The maximum atomic E-state index is 13.1. The molecule has 0 fully saturated rings. The number of nitrogens with one attached hydrogen (secondary N) is 2. The minimum Gasteiger partial charge on any atom is -0.507 e. The molecular weight excluding hydrogens is 608 g/mol. The molecule has 238 valence electrons. The summed E-state index contributed by atoms with van der Waals surface area (Å²) in [6.07, 6.45) is 2.82. The van der Waals surface area contributed by atoms with Crippen molar-refractivity contribution in [2.45, 2.75) is 0 Å². The Labute approximate surface area is 275 Å². The lowest BCUT2D eigenvalue weighted by Crippen LogP contribution is -2.20. The Kier molecular flexibility index (Phi) is 9.53. The number of hydrogen-bond donors (Lipinski definition) is 4. The lowest BCUT2D eigenvalue weighted by Gasteiger charge is -2.14. The largest absolute Gasteiger partial charge is 0.507 e. The highest BCUT2D eigenvalue weighted by Gasteiger charge is 2.15. The molecule has 48 heavy (non-hydrogen) atoms. The molecule has 6 rings (SSSR count). The van der Waals surface area contributed by atoms with Crippen molar-refractivity contribution in [3.8, 4) is 23.0 Å². The maximum Gasteiger partial charge on any atom is 0.275 e. The molecule has 0 heterocycles. The van der Waals surface area contributed by atoms with Crippen LogP contribution in [0.4, 0.5) is 0 Å². The normalized spacial score (nSPS) is 11.2. The van der Waals surface area contributed by atoms with Crippen LogP contribution >= 0.6 is 0 Å². The topological polar surface area (TPSA) is 142 Å². The number of amides is 2. The van der Waals surface area contributed by atoms with Crippen LogP contribution < -0.4 is 20.3 Å². The van der Waals surface area contributed by atoms with Crippen molar-refractivity contribution in [1.82, 2.24) is 10.9 Å². The van der Waals surface area contributed by atoms with E-state index in [4.69, 9.17) is 9.47 Å². The lowest BCUT2D eigenvalue weighted by molar-refractivity contribution is 0.0943. The maximum absolute atomic E-state index is 13.1. The number of ether oxygens (including phenoxy) is 2. The Morgan fingerprint density at radius 1 is 0.583 bits per heavy atom. The summed E-state index contributed by atoms with van der Waals surface area (Å²) in [6.45, 7) is 0.255. The summed E-state index contributed by atoms with van der Waals surface area (Å²) in [7, 11) is 0. The van der Waals surface area contributed by atoms with Gasteiger partial charge in [0.25, 0.3) is 11.8 Å². The standard InChI is InChI=1S/C38H30N4O6/c43-33-15-7-4-12-28(33)23-39-42-38(46)32-21-26-10-1-2-11-27(26)22-35(32)48-20-19-47-34-16-8-5-13-29(34)24-40-41-37(45)31-18-17-25-9-3-6-14-30(25)36(31)44/h1-18,21-24,43-44H,19-20H2,(H,41,45)(H,42,46). The van der Waals surface area contributed by atoms with Gasteiger partial charge in [0.15, 0.2) is 0 Å². The second-order valence-electron chi connectivity index (χ2n) is 10.6. The van der Waals surface area contributed by atoms with Crippen molar-refractivity contribution in [1.29, 1.82) is 0 Å². The Bertz CT molecular complexity index is 2180. The van der Waals surface area contributed by atoms with Crippen molar-refractivity contribution in [2.24, 2.45) is 10.2 Å². The third kappa shape index (κ3) is 7.24. The van der Waals surface area contributed by atoms with Crippen LogP contribution in [-0.2, 0) is 0 Å². The van der Waals surface area contributed by atoms with Gasteiger partial charge in [-0.05, 0) is 58.6 Å². The number of nitrogens with zero attached hydrogens (tertiary/aromatic N) is 2. The zero-order valence-electron chi connectivity index (χ0n) is 25.5. The Morgan fingerprint density at radius 2 is 1.15 bits per heavy atom. The molecule has 0 aliphatic carbocycles. The number of fused-ring (bicyclic) bond motifs is 2. The second-order valence-corrected chi connectivity index (χ2v) is 10.6. The molecule has 0 bridgehead atoms. The molecule has 0 saturated carbocycles. The number of benzene rings is 6. The van der Waals surface area contributed by atoms with Gasteiger partial charge in [-0.15, -0.1) is 0 Å². The van der Waals surface area contributed by atoms with Gasteiger partial charge < -0.3 is 19.7 Å². The van der Waals surface area contributed by atoms with Gasteiger partial charge in [0.2, 0.25) is 0 Å². The van der Waals surface area contributed by atoms with Gasteiger partial charge in [-0.3, -0.25) is 9.59 Å². The summed E-state index contributed by atoms with van der Waals surface area (Å²) in [5.41, 5.74) is 6.41. The van der Waals surface area contributed by atoms with Crippen molar-refractivity contribution >= 4 is 45.8 Å². The Hall–Kier alpha value is -6.68. The molecule has 0 spiro atoms. The summed E-state index contributed by atoms with van der Waals surface area (Å²) in [5.74, 6) is -0.255. The van der Waals surface area contributed by atoms with Crippen LogP contribution in [0, 0.1) is 0 Å². The van der Waals surface area contributed by atoms with Crippen LogP contribution in [0.3, 0.4) is 0 Å². The average Bonchev–Trinajstić information content (AvgIpc) is 3.11. The van der Waals surface area contributed by atoms with Gasteiger partial charge in [-0.25, -0.2) is 10.9 Å². The van der Waals surface area contributed by atoms with E-state index in [-0.39, 0.29) is 35.8 Å². The zero-order chi connectivity index (χ0) is 33.3. The van der Waals surface area contributed by atoms with Gasteiger partial charge in [-0.1, -0.05) is 78.9 Å². The molecular formula is C38H30N4O6. The van der Waals surface area contributed by atoms with Crippen LogP contribution in [0.5, 0.6) is 23.0 Å². The summed E-state index contributed by atoms with van der Waals surface area (Å²) < 4.78 is 12.0. The lowest BCUT2D eigenvalue weighted by atomic mass is 10.1. The molecule has 2 amide bonds. The van der Waals surface area contributed by atoms with Crippen molar-refractivity contribution in [3.63, 3.8) is 0 Å². The number of aromatic hydroxyl groups is 2. The fourth-order valence-corrected chi connectivity index (χ4v) is 5.01. The van der Waals surface area contributed by atoms with Gasteiger partial charge in [0.05, 0.1) is 23.6 Å². The highest BCUT2D eigenvalue weighted by molar-refractivity contribution is 6.04. The van der Waals surface area contributed by atoms with E-state index in [1.54, 1.807) is 72.8 Å². The number of phenols is 2. The number of para-hydroxylation sites is 2. The van der Waals surface area contributed by atoms with Crippen LogP contribution in [-0.4, -0.2) is 47.7 Å². The molecule has 0 unspecified atom stereocenters. The Morgan fingerprint density at radius 3 is 1.90 bits per heavy atom. The monoisotopic (exact) mass is 638 g/mol. The Balaban J connectivity index is 1.09. The fraction of sp³-hybridized carbons (Fsp3) is 0.0526. The van der Waals surface area contributed by atoms with E-state index in [1.807, 2.05) is 42.5 Å². The van der Waals surface area contributed by atoms with Crippen LogP contribution in [0.15, 0.2) is 132 Å². The molecule has 0 aliphatic heterocycles. The first kappa shape index (κ1) is 31.3. The first-order valence-electron chi connectivity index (χ1n) is 15.0. The predicted octanol–water partition coefficient (Wildman–Crippen LogP) is 6.39. The molecule has 6 aromatic carbocycles. The van der Waals surface area contributed by atoms with E-state index in [0.717, 1.165) is 16.2 Å². The van der Waals surface area contributed by atoms with E-state index in [0.29, 0.717) is 28.0 Å². The number of phenolic OH excluding ortho intramolecular Hbond substituents is 2. The third-order valence-corrected chi connectivity index (χ3v) is 7.43. The molecule has 0 saturated heterocycles. The minimum absolute atomic E-state index is 0.0455. The smallest absolute Gasteiger partial charge is 0.275 e. The van der Waals surface area contributed by atoms with Crippen LogP contribution in [0.1, 0.15) is 31.8 Å². The minimum atomic E-state index is -0.555. The van der Waals surface area contributed by atoms with E-state index >= 15 is 0 Å². The molecule has 0 aromatic heterocycles. The molecule has 10 nitrogen and oxygen atoms in total. The predicted molar refractivity (Wildman–Crippen MR) is 185 cm³/mol. The molecule has 6 aromatic rings. The SMILES string of the molecule is O=C(NN=Cc1ccccc1O)c1cc2ccccc2cc1OCCOc1ccccc1C=NNC(=O)c1ccc2ccccc2c1O. The number of hydrogen-bond acceptors (Lipinski definition) is 8. The van der Waals surface area contributed by atoms with E-state index < -0.39 is 11.8 Å². The quantitative estimate of drug-likeness (QED) is 0.0736. The van der Waals surface area contributed by atoms with Crippen molar-refractivity contribution in [3.05, 3.63) is 144 Å². The fourth-order valence-electron chi connectivity index (χ4n) is 5.01. The van der Waals surface area contributed by atoms with Crippen molar-refractivity contribution in [2.75, 3.05) is 13.2 Å². The average molecular weight is 639 g/mol. The van der Waals surface area contributed by atoms with E-state index in [9.17, 15) is 19.8 Å². The molecule has 0 atom stereocenters. The zero-order valence-corrected chi connectivity index (χ0v) is 25.5. The van der Waals surface area contributed by atoms with Crippen LogP contribution in [0.2, 0.25) is 0 Å². The summed E-state index contributed by atoms with van der Waals surface area (Å²) in [5, 5.41) is 31.7. The number of rotatable bonds is 11. The number of carbonyl (C=O) groups is 2. The van der Waals surface area contributed by atoms with E-state index in [1.165, 1.54) is 18.5 Å². The van der Waals surface area contributed by atoms with E-state index in [2.05, 4.69) is 21.1 Å². The summed E-state index contributed by atoms with van der Waals surface area (Å²) in [4.78, 5) is 25.9. The molecule has 0 aliphatic rings. The van der Waals surface area contributed by atoms with Crippen molar-refractivity contribution < 1.29 is 29.3 Å². The first-order valence-corrected chi connectivity index (χ1v) is 15.0. The number of hydrazone groups is 2. The molecule has 0 radical (unpaired) electrons. The third-order valence-electron chi connectivity index (χ3n) is 7.43. The van der Waals surface area contributed by atoms with Gasteiger partial charge in [-0.2, -0.15) is 10.2 Å². The number of carbonyl (C=O) groups excluding carboxylic acids is 2. The highest BCUT2D eigenvalue weighted by Crippen LogP contribution is 2.29. The van der Waals surface area contributed by atoms with Gasteiger partial charge >= 0.3 is 0 Å². The highest BCUT2D eigenvalue weighted by atomic mass is 16.5. The first-order chi connectivity index (χ1) is 23.5. The second kappa shape index (κ2) is 14.6. The molecule has 10 heteroatoms. The van der Waals surface area contributed by atoms with Gasteiger partial charge in [0.1, 0.15) is 36.2 Å². The summed E-state index contributed by atoms with van der Waals surface area (Å²) >= 11 is 0. The van der Waals surface area contributed by atoms with Crippen LogP contribution in [0.25, 0.3) is 21.5 Å². The van der Waals surface area contributed by atoms with Gasteiger partial charge in [0, 0.05) is 16.5 Å². The summed E-state index contributed by atoms with van der Waals surface area (Å²) in [6, 6.07) is 35.5.